The SMILES string of the molecule is c1cc(OCCCN2CCCCC2)ccc1CN1CCC2(CC1)COCO2. The van der Waals surface area contributed by atoms with Gasteiger partial charge in [-0.3, -0.25) is 4.90 Å². The lowest BCUT2D eigenvalue weighted by atomic mass is 9.92. The van der Waals surface area contributed by atoms with Crippen LogP contribution < -0.4 is 4.74 Å². The van der Waals surface area contributed by atoms with Crippen molar-refractivity contribution in [2.45, 2.75) is 50.7 Å². The highest BCUT2D eigenvalue weighted by molar-refractivity contribution is 5.27. The summed E-state index contributed by atoms with van der Waals surface area (Å²) in [5, 5.41) is 0. The van der Waals surface area contributed by atoms with E-state index in [0.29, 0.717) is 6.79 Å². The predicted molar refractivity (Wildman–Crippen MR) is 106 cm³/mol. The number of piperidine rings is 2. The number of rotatable bonds is 7. The quantitative estimate of drug-likeness (QED) is 0.684. The van der Waals surface area contributed by atoms with E-state index < -0.39 is 0 Å². The van der Waals surface area contributed by atoms with Crippen molar-refractivity contribution in [1.29, 1.82) is 0 Å². The number of nitrogens with zero attached hydrogens (tertiary/aromatic N) is 2. The molecule has 0 aliphatic carbocycles. The van der Waals surface area contributed by atoms with Gasteiger partial charge in [0.2, 0.25) is 0 Å². The summed E-state index contributed by atoms with van der Waals surface area (Å²) < 4.78 is 17.2. The Balaban J connectivity index is 1.14. The Morgan fingerprint density at radius 1 is 0.926 bits per heavy atom. The molecule has 3 fully saturated rings. The molecular weight excluding hydrogens is 340 g/mol. The fraction of sp³-hybridized carbons (Fsp3) is 0.727. The lowest BCUT2D eigenvalue weighted by molar-refractivity contribution is -0.0458. The van der Waals surface area contributed by atoms with Gasteiger partial charge in [-0.25, -0.2) is 0 Å². The summed E-state index contributed by atoms with van der Waals surface area (Å²) in [5.74, 6) is 0.992. The first-order chi connectivity index (χ1) is 13.3. The molecule has 3 aliphatic heterocycles. The van der Waals surface area contributed by atoms with E-state index in [1.165, 1.54) is 44.5 Å². The van der Waals surface area contributed by atoms with Gasteiger partial charge in [-0.1, -0.05) is 18.6 Å². The van der Waals surface area contributed by atoms with Crippen molar-refractivity contribution in [3.8, 4) is 5.75 Å². The highest BCUT2D eigenvalue weighted by Crippen LogP contribution is 2.31. The van der Waals surface area contributed by atoms with Crippen LogP contribution >= 0.6 is 0 Å². The number of hydrogen-bond acceptors (Lipinski definition) is 5. The summed E-state index contributed by atoms with van der Waals surface area (Å²) in [6.45, 7) is 8.93. The molecule has 1 aromatic rings. The topological polar surface area (TPSA) is 34.2 Å². The molecule has 0 amide bonds. The molecule has 0 aromatic heterocycles. The number of likely N-dealkylation sites (tertiary alicyclic amines) is 2. The Hall–Kier alpha value is -1.14. The van der Waals surface area contributed by atoms with Gasteiger partial charge in [0.05, 0.1) is 18.8 Å². The lowest BCUT2D eigenvalue weighted by Gasteiger charge is -2.37. The van der Waals surface area contributed by atoms with E-state index >= 15 is 0 Å². The molecule has 0 unspecified atom stereocenters. The maximum atomic E-state index is 5.93. The van der Waals surface area contributed by atoms with E-state index in [9.17, 15) is 0 Å². The Labute approximate surface area is 163 Å². The van der Waals surface area contributed by atoms with Crippen molar-refractivity contribution in [3.05, 3.63) is 29.8 Å². The molecule has 3 aliphatic rings. The van der Waals surface area contributed by atoms with Crippen molar-refractivity contribution in [1.82, 2.24) is 9.80 Å². The molecule has 3 saturated heterocycles. The molecular formula is C22H34N2O3. The van der Waals surface area contributed by atoms with E-state index in [1.807, 2.05) is 0 Å². The third-order valence-corrected chi connectivity index (χ3v) is 6.25. The first kappa shape index (κ1) is 19.2. The summed E-state index contributed by atoms with van der Waals surface area (Å²) in [7, 11) is 0. The van der Waals surface area contributed by atoms with Crippen molar-refractivity contribution < 1.29 is 14.2 Å². The van der Waals surface area contributed by atoms with Crippen LogP contribution in [-0.2, 0) is 16.0 Å². The second-order valence-electron chi connectivity index (χ2n) is 8.32. The summed E-state index contributed by atoms with van der Waals surface area (Å²) in [6.07, 6.45) is 7.39. The first-order valence-corrected chi connectivity index (χ1v) is 10.7. The van der Waals surface area contributed by atoms with Crippen LogP contribution in [0, 0.1) is 0 Å². The van der Waals surface area contributed by atoms with Crippen LogP contribution in [-0.4, -0.2) is 68.1 Å². The van der Waals surface area contributed by atoms with Crippen LogP contribution in [0.25, 0.3) is 0 Å². The Kier molecular flexibility index (Phi) is 6.66. The van der Waals surface area contributed by atoms with E-state index in [-0.39, 0.29) is 5.60 Å². The third kappa shape index (κ3) is 5.44. The molecule has 0 radical (unpaired) electrons. The van der Waals surface area contributed by atoms with Crippen molar-refractivity contribution in [2.75, 3.05) is 52.7 Å². The zero-order valence-electron chi connectivity index (χ0n) is 16.5. The summed E-state index contributed by atoms with van der Waals surface area (Å²) in [6, 6.07) is 8.66. The number of ether oxygens (including phenoxy) is 3. The van der Waals surface area contributed by atoms with E-state index in [2.05, 4.69) is 34.1 Å². The summed E-state index contributed by atoms with van der Waals surface area (Å²) >= 11 is 0. The molecule has 5 nitrogen and oxygen atoms in total. The smallest absolute Gasteiger partial charge is 0.147 e. The van der Waals surface area contributed by atoms with Crippen LogP contribution in [0.4, 0.5) is 0 Å². The molecule has 1 aromatic carbocycles. The minimum Gasteiger partial charge on any atom is -0.494 e. The highest BCUT2D eigenvalue weighted by atomic mass is 16.7. The van der Waals surface area contributed by atoms with Crippen LogP contribution in [0.5, 0.6) is 5.75 Å². The van der Waals surface area contributed by atoms with Gasteiger partial charge >= 0.3 is 0 Å². The second kappa shape index (κ2) is 9.37. The van der Waals surface area contributed by atoms with E-state index in [1.54, 1.807) is 0 Å². The predicted octanol–water partition coefficient (Wildman–Crippen LogP) is 3.28. The van der Waals surface area contributed by atoms with Crippen LogP contribution in [0.15, 0.2) is 24.3 Å². The van der Waals surface area contributed by atoms with Crippen LogP contribution in [0.1, 0.15) is 44.1 Å². The van der Waals surface area contributed by atoms with Crippen molar-refractivity contribution in [3.63, 3.8) is 0 Å². The van der Waals surface area contributed by atoms with Gasteiger partial charge < -0.3 is 19.1 Å². The minimum atomic E-state index is 0.00238. The van der Waals surface area contributed by atoms with Crippen LogP contribution in [0.3, 0.4) is 0 Å². The molecule has 0 saturated carbocycles. The second-order valence-corrected chi connectivity index (χ2v) is 8.32. The first-order valence-electron chi connectivity index (χ1n) is 10.7. The maximum Gasteiger partial charge on any atom is 0.147 e. The monoisotopic (exact) mass is 374 g/mol. The average molecular weight is 375 g/mol. The summed E-state index contributed by atoms with van der Waals surface area (Å²) in [5.41, 5.74) is 1.36. The fourth-order valence-electron chi connectivity index (χ4n) is 4.45. The van der Waals surface area contributed by atoms with Crippen molar-refractivity contribution >= 4 is 0 Å². The third-order valence-electron chi connectivity index (χ3n) is 6.25. The Morgan fingerprint density at radius 2 is 1.70 bits per heavy atom. The molecule has 3 heterocycles. The molecule has 150 valence electrons. The Bertz CT molecular complexity index is 555. The summed E-state index contributed by atoms with van der Waals surface area (Å²) in [4.78, 5) is 5.09. The van der Waals surface area contributed by atoms with Crippen LogP contribution in [0.2, 0.25) is 0 Å². The fourth-order valence-corrected chi connectivity index (χ4v) is 4.45. The Morgan fingerprint density at radius 3 is 2.41 bits per heavy atom. The molecule has 4 rings (SSSR count). The lowest BCUT2D eigenvalue weighted by Crippen LogP contribution is -2.45. The normalized spacial score (nSPS) is 23.7. The molecule has 27 heavy (non-hydrogen) atoms. The van der Waals surface area contributed by atoms with Gasteiger partial charge in [0, 0.05) is 26.2 Å². The zero-order valence-corrected chi connectivity index (χ0v) is 16.5. The highest BCUT2D eigenvalue weighted by Gasteiger charge is 2.39. The molecule has 0 N–H and O–H groups in total. The largest absolute Gasteiger partial charge is 0.494 e. The van der Waals surface area contributed by atoms with E-state index in [4.69, 9.17) is 14.2 Å². The number of hydrogen-bond donors (Lipinski definition) is 0. The van der Waals surface area contributed by atoms with E-state index in [0.717, 1.165) is 57.9 Å². The van der Waals surface area contributed by atoms with Gasteiger partial charge in [0.1, 0.15) is 12.5 Å². The minimum absolute atomic E-state index is 0.00238. The maximum absolute atomic E-state index is 5.93. The number of benzene rings is 1. The van der Waals surface area contributed by atoms with Gasteiger partial charge in [-0.05, 0) is 62.9 Å². The molecule has 5 heteroatoms. The molecule has 0 bridgehead atoms. The average Bonchev–Trinajstić information content (AvgIpc) is 3.17. The standard InChI is InChI=1S/C22H34N2O3/c1-2-11-23(12-3-1)13-4-16-26-21-7-5-20(6-8-21)17-24-14-9-22(10-15-24)18-25-19-27-22/h5-8H,1-4,9-19H2. The van der Waals surface area contributed by atoms with Gasteiger partial charge in [-0.2, -0.15) is 0 Å². The molecule has 1 spiro atoms. The zero-order chi connectivity index (χ0) is 18.4. The van der Waals surface area contributed by atoms with Gasteiger partial charge in [-0.15, -0.1) is 0 Å². The molecule has 0 atom stereocenters. The van der Waals surface area contributed by atoms with Gasteiger partial charge in [0.15, 0.2) is 0 Å². The van der Waals surface area contributed by atoms with Gasteiger partial charge in [0.25, 0.3) is 0 Å². The van der Waals surface area contributed by atoms with Crippen molar-refractivity contribution in [2.24, 2.45) is 0 Å².